The van der Waals surface area contributed by atoms with Gasteiger partial charge in [-0.05, 0) is 18.1 Å². The van der Waals surface area contributed by atoms with Crippen molar-refractivity contribution in [3.05, 3.63) is 35.4 Å². The Morgan fingerprint density at radius 3 is 2.54 bits per heavy atom. The Bertz CT molecular complexity index is 284. The van der Waals surface area contributed by atoms with Crippen LogP contribution in [0.5, 0.6) is 0 Å². The van der Waals surface area contributed by atoms with Crippen LogP contribution in [0.25, 0.3) is 0 Å². The van der Waals surface area contributed by atoms with Gasteiger partial charge in [-0.25, -0.2) is 4.79 Å². The molecule has 0 radical (unpaired) electrons. The number of hydrogen-bond donors (Lipinski definition) is 1. The zero-order valence-electron chi connectivity index (χ0n) is 7.08. The summed E-state index contributed by atoms with van der Waals surface area (Å²) < 4.78 is 0. The monoisotopic (exact) mass is 206 g/mol. The van der Waals surface area contributed by atoms with E-state index in [2.05, 4.69) is 0 Å². The second-order valence-corrected chi connectivity index (χ2v) is 2.71. The van der Waals surface area contributed by atoms with Gasteiger partial charge in [0.15, 0.2) is 0 Å². The van der Waals surface area contributed by atoms with E-state index >= 15 is 0 Å². The molecule has 68 valence electrons. The summed E-state index contributed by atoms with van der Waals surface area (Å²) in [6, 6.07) is 7.14. The van der Waals surface area contributed by atoms with Crippen LogP contribution in [0.2, 0.25) is 0 Å². The Kier molecular flexibility index (Phi) is 6.39. The van der Waals surface area contributed by atoms with E-state index in [1.807, 2.05) is 19.1 Å². The number of aromatic carboxylic acids is 1. The van der Waals surface area contributed by atoms with Crippen molar-refractivity contribution in [2.75, 3.05) is 0 Å². The molecular formula is C10H14CaO2. The third-order valence-corrected chi connectivity index (χ3v) is 1.77. The van der Waals surface area contributed by atoms with Crippen molar-refractivity contribution < 1.29 is 9.90 Å². The average molecular weight is 206 g/mol. The summed E-state index contributed by atoms with van der Waals surface area (Å²) in [5, 5.41) is 8.79. The quantitative estimate of drug-likeness (QED) is 0.759. The average Bonchev–Trinajstić information content (AvgIpc) is 2.05. The molecule has 0 bridgehead atoms. The van der Waals surface area contributed by atoms with Crippen molar-refractivity contribution in [3.8, 4) is 0 Å². The minimum atomic E-state index is -0.834. The molecule has 1 aromatic rings. The topological polar surface area (TPSA) is 37.3 Å². The molecule has 3 heteroatoms. The molecule has 0 amide bonds. The van der Waals surface area contributed by atoms with Gasteiger partial charge in [0.2, 0.25) is 0 Å². The van der Waals surface area contributed by atoms with Gasteiger partial charge in [0.1, 0.15) is 0 Å². The van der Waals surface area contributed by atoms with Gasteiger partial charge < -0.3 is 5.11 Å². The van der Waals surface area contributed by atoms with Gasteiger partial charge in [0.25, 0.3) is 0 Å². The van der Waals surface area contributed by atoms with E-state index in [1.165, 1.54) is 0 Å². The molecule has 1 rings (SSSR count). The predicted octanol–water partition coefficient (Wildman–Crippen LogP) is 1.42. The first kappa shape index (κ1) is 12.9. The molecule has 0 saturated heterocycles. The van der Waals surface area contributed by atoms with E-state index in [9.17, 15) is 4.79 Å². The van der Waals surface area contributed by atoms with Gasteiger partial charge in [-0.15, -0.1) is 0 Å². The van der Waals surface area contributed by atoms with Gasteiger partial charge in [-0.2, -0.15) is 0 Å². The summed E-state index contributed by atoms with van der Waals surface area (Å²) >= 11 is 0. The molecule has 13 heavy (non-hydrogen) atoms. The van der Waals surface area contributed by atoms with E-state index in [0.717, 1.165) is 18.4 Å². The Balaban J connectivity index is 0.00000144. The summed E-state index contributed by atoms with van der Waals surface area (Å²) in [6.45, 7) is 2.04. The van der Waals surface area contributed by atoms with Crippen LogP contribution < -0.4 is 0 Å². The SMILES string of the molecule is CCCc1ccccc1C(=O)O.[CaH2]. The summed E-state index contributed by atoms with van der Waals surface area (Å²) in [4.78, 5) is 10.7. The first-order valence-electron chi connectivity index (χ1n) is 4.07. The fourth-order valence-corrected chi connectivity index (χ4v) is 1.22. The zero-order valence-corrected chi connectivity index (χ0v) is 7.08. The molecule has 2 nitrogen and oxygen atoms in total. The van der Waals surface area contributed by atoms with Crippen LogP contribution in [0.1, 0.15) is 29.3 Å². The number of benzene rings is 1. The van der Waals surface area contributed by atoms with Crippen LogP contribution in [-0.2, 0) is 6.42 Å². The molecule has 0 aliphatic rings. The molecule has 0 aliphatic heterocycles. The molecule has 0 aliphatic carbocycles. The maximum atomic E-state index is 10.7. The van der Waals surface area contributed by atoms with Crippen molar-refractivity contribution in [1.29, 1.82) is 0 Å². The molecule has 0 unspecified atom stereocenters. The van der Waals surface area contributed by atoms with Crippen LogP contribution in [0.4, 0.5) is 0 Å². The van der Waals surface area contributed by atoms with E-state index in [0.29, 0.717) is 5.56 Å². The van der Waals surface area contributed by atoms with Crippen molar-refractivity contribution in [3.63, 3.8) is 0 Å². The Morgan fingerprint density at radius 2 is 2.00 bits per heavy atom. The molecule has 0 aromatic heterocycles. The van der Waals surface area contributed by atoms with Crippen LogP contribution >= 0.6 is 0 Å². The van der Waals surface area contributed by atoms with Gasteiger partial charge in [-0.1, -0.05) is 31.5 Å². The first-order valence-corrected chi connectivity index (χ1v) is 4.07. The second kappa shape index (κ2) is 6.41. The van der Waals surface area contributed by atoms with Crippen molar-refractivity contribution in [2.45, 2.75) is 19.8 Å². The Morgan fingerprint density at radius 1 is 1.38 bits per heavy atom. The van der Waals surface area contributed by atoms with Gasteiger partial charge in [0, 0.05) is 0 Å². The fourth-order valence-electron chi connectivity index (χ4n) is 1.22. The summed E-state index contributed by atoms with van der Waals surface area (Å²) in [5.74, 6) is -0.834. The van der Waals surface area contributed by atoms with Crippen molar-refractivity contribution in [2.24, 2.45) is 0 Å². The Hall–Kier alpha value is -0.0503. The zero-order chi connectivity index (χ0) is 8.97. The van der Waals surface area contributed by atoms with Crippen LogP contribution in [0.15, 0.2) is 24.3 Å². The molecule has 0 saturated carbocycles. The fraction of sp³-hybridized carbons (Fsp3) is 0.300. The molecule has 1 N–H and O–H groups in total. The number of aryl methyl sites for hydroxylation is 1. The van der Waals surface area contributed by atoms with Gasteiger partial charge >= 0.3 is 43.7 Å². The number of hydrogen-bond acceptors (Lipinski definition) is 1. The van der Waals surface area contributed by atoms with Gasteiger partial charge in [-0.3, -0.25) is 0 Å². The van der Waals surface area contributed by atoms with E-state index in [4.69, 9.17) is 5.11 Å². The minimum absolute atomic E-state index is 0. The third kappa shape index (κ3) is 3.67. The molecule has 0 spiro atoms. The van der Waals surface area contributed by atoms with Crippen molar-refractivity contribution in [1.82, 2.24) is 0 Å². The van der Waals surface area contributed by atoms with E-state index in [-0.39, 0.29) is 37.7 Å². The number of carboxylic acid groups (broad SMARTS) is 1. The third-order valence-electron chi connectivity index (χ3n) is 1.77. The summed E-state index contributed by atoms with van der Waals surface area (Å²) in [5.41, 5.74) is 1.35. The maximum absolute atomic E-state index is 10.7. The van der Waals surface area contributed by atoms with Crippen LogP contribution in [0.3, 0.4) is 0 Å². The normalized spacial score (nSPS) is 9.00. The van der Waals surface area contributed by atoms with Crippen LogP contribution in [-0.4, -0.2) is 48.8 Å². The van der Waals surface area contributed by atoms with Crippen LogP contribution in [0, 0.1) is 0 Å². The summed E-state index contributed by atoms with van der Waals surface area (Å²) in [7, 11) is 0. The molecule has 0 heterocycles. The van der Waals surface area contributed by atoms with Gasteiger partial charge in [0.05, 0.1) is 5.56 Å². The molecule has 1 aromatic carbocycles. The molecule has 0 atom stereocenters. The van der Waals surface area contributed by atoms with E-state index in [1.54, 1.807) is 12.1 Å². The number of carboxylic acids is 1. The predicted molar refractivity (Wildman–Crippen MR) is 55.9 cm³/mol. The number of carbonyl (C=O) groups is 1. The number of rotatable bonds is 3. The Labute approximate surface area is 108 Å². The molecular weight excluding hydrogens is 192 g/mol. The second-order valence-electron chi connectivity index (χ2n) is 2.71. The molecule has 0 fully saturated rings. The standard InChI is InChI=1S/C10H12O2.Ca.2H/c1-2-5-8-6-3-4-7-9(8)10(11)12;;;/h3-4,6-7H,2,5H2,1H3,(H,11,12);;;. The first-order chi connectivity index (χ1) is 5.75. The summed E-state index contributed by atoms with van der Waals surface area (Å²) in [6.07, 6.45) is 1.81. The van der Waals surface area contributed by atoms with E-state index < -0.39 is 5.97 Å². The van der Waals surface area contributed by atoms with Crippen molar-refractivity contribution >= 4 is 43.7 Å².